The molecule has 138 valence electrons. The molecule has 6 nitrogen and oxygen atoms in total. The Balaban J connectivity index is 1.29. The van der Waals surface area contributed by atoms with Crippen molar-refractivity contribution in [2.24, 2.45) is 0 Å². The molecular weight excluding hydrogens is 356 g/mol. The van der Waals surface area contributed by atoms with E-state index in [0.717, 1.165) is 10.9 Å². The van der Waals surface area contributed by atoms with E-state index < -0.39 is 0 Å². The predicted octanol–water partition coefficient (Wildman–Crippen LogP) is 4.15. The molecule has 0 saturated carbocycles. The molecule has 1 amide bonds. The van der Waals surface area contributed by atoms with E-state index in [-0.39, 0.29) is 19.2 Å². The number of benzene rings is 3. The summed E-state index contributed by atoms with van der Waals surface area (Å²) >= 11 is 0. The van der Waals surface area contributed by atoms with Gasteiger partial charge in [-0.05, 0) is 35.0 Å². The number of carbonyl (C=O) groups is 1. The fourth-order valence-corrected chi connectivity index (χ4v) is 3.18. The molecule has 6 heteroatoms. The van der Waals surface area contributed by atoms with Crippen LogP contribution in [0.3, 0.4) is 0 Å². The monoisotopic (exact) mass is 372 g/mol. The Morgan fingerprint density at radius 3 is 2.71 bits per heavy atom. The molecule has 3 aromatic carbocycles. The summed E-state index contributed by atoms with van der Waals surface area (Å²) in [7, 11) is 0. The number of amides is 1. The minimum atomic E-state index is -0.214. The molecule has 0 fully saturated rings. The smallest absolute Gasteiger partial charge is 0.251 e. The number of hydrogen-bond acceptors (Lipinski definition) is 5. The summed E-state index contributed by atoms with van der Waals surface area (Å²) in [5.41, 5.74) is 2.10. The highest BCUT2D eigenvalue weighted by atomic mass is 16.7. The van der Waals surface area contributed by atoms with Crippen molar-refractivity contribution in [3.63, 3.8) is 0 Å². The maximum Gasteiger partial charge on any atom is 0.251 e. The molecule has 1 aromatic heterocycles. The van der Waals surface area contributed by atoms with Crippen LogP contribution in [0.4, 0.5) is 0 Å². The van der Waals surface area contributed by atoms with Crippen molar-refractivity contribution in [2.45, 2.75) is 6.54 Å². The zero-order chi connectivity index (χ0) is 18.9. The normalized spacial score (nSPS) is 12.3. The number of nitrogens with zero attached hydrogens (tertiary/aromatic N) is 1. The van der Waals surface area contributed by atoms with Crippen LogP contribution >= 0.6 is 0 Å². The molecule has 1 aliphatic heterocycles. The lowest BCUT2D eigenvalue weighted by Gasteiger charge is -2.04. The molecule has 1 aliphatic rings. The predicted molar refractivity (Wildman–Crippen MR) is 103 cm³/mol. The van der Waals surface area contributed by atoms with Crippen molar-refractivity contribution >= 4 is 16.7 Å². The van der Waals surface area contributed by atoms with Gasteiger partial charge in [0.2, 0.25) is 6.79 Å². The largest absolute Gasteiger partial charge is 0.454 e. The molecule has 28 heavy (non-hydrogen) atoms. The molecule has 5 rings (SSSR count). The van der Waals surface area contributed by atoms with Gasteiger partial charge >= 0.3 is 0 Å². The van der Waals surface area contributed by atoms with Crippen molar-refractivity contribution < 1.29 is 18.8 Å². The number of rotatable bonds is 4. The Bertz CT molecular complexity index is 1180. The second kappa shape index (κ2) is 6.74. The minimum Gasteiger partial charge on any atom is -0.454 e. The lowest BCUT2D eigenvalue weighted by molar-refractivity contribution is 0.0949. The standard InChI is InChI=1S/C22H16N2O4/c25-22(17-7-8-19-21(10-17)27-13-26-19)23-12-18-11-20(28-24-18)16-6-5-14-3-1-2-4-15(14)9-16/h1-11H,12-13H2,(H,23,25). The maximum atomic E-state index is 12.4. The van der Waals surface area contributed by atoms with Crippen LogP contribution in [-0.4, -0.2) is 17.9 Å². The highest BCUT2D eigenvalue weighted by molar-refractivity contribution is 5.95. The van der Waals surface area contributed by atoms with E-state index >= 15 is 0 Å². The number of fused-ring (bicyclic) bond motifs is 2. The third-order valence-electron chi connectivity index (χ3n) is 4.66. The number of carbonyl (C=O) groups excluding carboxylic acids is 1. The molecule has 4 aromatic rings. The van der Waals surface area contributed by atoms with Crippen LogP contribution in [0.2, 0.25) is 0 Å². The van der Waals surface area contributed by atoms with E-state index in [1.54, 1.807) is 18.2 Å². The third kappa shape index (κ3) is 3.05. The second-order valence-corrected chi connectivity index (χ2v) is 6.50. The van der Waals surface area contributed by atoms with Crippen LogP contribution in [0.15, 0.2) is 71.3 Å². The fourth-order valence-electron chi connectivity index (χ4n) is 3.18. The van der Waals surface area contributed by atoms with E-state index in [1.165, 1.54) is 5.39 Å². The van der Waals surface area contributed by atoms with Crippen LogP contribution < -0.4 is 14.8 Å². The van der Waals surface area contributed by atoms with Gasteiger partial charge in [0, 0.05) is 17.2 Å². The first-order chi connectivity index (χ1) is 13.8. The van der Waals surface area contributed by atoms with E-state index in [4.69, 9.17) is 14.0 Å². The topological polar surface area (TPSA) is 73.6 Å². The molecule has 0 unspecified atom stereocenters. The average Bonchev–Trinajstić information content (AvgIpc) is 3.40. The van der Waals surface area contributed by atoms with Gasteiger partial charge in [-0.25, -0.2) is 0 Å². The average molecular weight is 372 g/mol. The SMILES string of the molecule is O=C(NCc1cc(-c2ccc3ccccc3c2)on1)c1ccc2c(c1)OCO2. The summed E-state index contributed by atoms with van der Waals surface area (Å²) < 4.78 is 16.0. The van der Waals surface area contributed by atoms with Gasteiger partial charge in [-0.15, -0.1) is 0 Å². The molecule has 0 spiro atoms. The summed E-state index contributed by atoms with van der Waals surface area (Å²) in [6.45, 7) is 0.446. The van der Waals surface area contributed by atoms with Crippen molar-refractivity contribution in [1.29, 1.82) is 0 Å². The van der Waals surface area contributed by atoms with Gasteiger partial charge in [-0.3, -0.25) is 4.79 Å². The van der Waals surface area contributed by atoms with E-state index in [1.807, 2.05) is 30.3 Å². The van der Waals surface area contributed by atoms with Gasteiger partial charge in [-0.2, -0.15) is 0 Å². The molecule has 0 saturated heterocycles. The van der Waals surface area contributed by atoms with Crippen molar-refractivity contribution in [1.82, 2.24) is 10.5 Å². The van der Waals surface area contributed by atoms with Gasteiger partial charge in [0.15, 0.2) is 17.3 Å². The summed E-state index contributed by atoms with van der Waals surface area (Å²) in [6, 6.07) is 21.2. The summed E-state index contributed by atoms with van der Waals surface area (Å²) in [5, 5.41) is 9.21. The zero-order valence-electron chi connectivity index (χ0n) is 14.8. The molecule has 0 bridgehead atoms. The fraction of sp³-hybridized carbons (Fsp3) is 0.0909. The first-order valence-corrected chi connectivity index (χ1v) is 8.89. The number of aromatic nitrogens is 1. The second-order valence-electron chi connectivity index (χ2n) is 6.50. The van der Waals surface area contributed by atoms with Crippen LogP contribution in [0.5, 0.6) is 11.5 Å². The van der Waals surface area contributed by atoms with Crippen molar-refractivity contribution in [3.8, 4) is 22.8 Å². The van der Waals surface area contributed by atoms with E-state index in [0.29, 0.717) is 28.5 Å². The van der Waals surface area contributed by atoms with Gasteiger partial charge in [0.25, 0.3) is 5.91 Å². The Morgan fingerprint density at radius 2 is 1.79 bits per heavy atom. The van der Waals surface area contributed by atoms with Crippen molar-refractivity contribution in [2.75, 3.05) is 6.79 Å². The Labute approximate surface area is 160 Å². The van der Waals surface area contributed by atoms with Crippen molar-refractivity contribution in [3.05, 3.63) is 78.0 Å². The number of ether oxygens (including phenoxy) is 2. The lowest BCUT2D eigenvalue weighted by Crippen LogP contribution is -2.22. The molecule has 2 heterocycles. The molecule has 0 aliphatic carbocycles. The van der Waals surface area contributed by atoms with Crippen LogP contribution in [0, 0.1) is 0 Å². The Hall–Kier alpha value is -3.80. The maximum absolute atomic E-state index is 12.4. The highest BCUT2D eigenvalue weighted by Gasteiger charge is 2.16. The third-order valence-corrected chi connectivity index (χ3v) is 4.66. The summed E-state index contributed by atoms with van der Waals surface area (Å²) in [5.74, 6) is 1.67. The van der Waals surface area contributed by atoms with E-state index in [2.05, 4.69) is 28.7 Å². The highest BCUT2D eigenvalue weighted by Crippen LogP contribution is 2.32. The zero-order valence-corrected chi connectivity index (χ0v) is 14.8. The summed E-state index contributed by atoms with van der Waals surface area (Å²) in [4.78, 5) is 12.4. The molecule has 1 N–H and O–H groups in total. The van der Waals surface area contributed by atoms with Gasteiger partial charge in [0.1, 0.15) is 5.69 Å². The Kier molecular flexibility index (Phi) is 3.94. The van der Waals surface area contributed by atoms with Gasteiger partial charge in [-0.1, -0.05) is 41.6 Å². The minimum absolute atomic E-state index is 0.177. The van der Waals surface area contributed by atoms with Crippen LogP contribution in [0.1, 0.15) is 16.1 Å². The molecular formula is C22H16N2O4. The first kappa shape index (κ1) is 16.4. The number of hydrogen-bond donors (Lipinski definition) is 1. The summed E-state index contributed by atoms with van der Waals surface area (Å²) in [6.07, 6.45) is 0. The Morgan fingerprint density at radius 1 is 0.929 bits per heavy atom. The van der Waals surface area contributed by atoms with Crippen LogP contribution in [-0.2, 0) is 6.54 Å². The van der Waals surface area contributed by atoms with Gasteiger partial charge < -0.3 is 19.3 Å². The quantitative estimate of drug-likeness (QED) is 0.582. The molecule has 0 radical (unpaired) electrons. The lowest BCUT2D eigenvalue weighted by atomic mass is 10.1. The van der Waals surface area contributed by atoms with E-state index in [9.17, 15) is 4.79 Å². The molecule has 0 atom stereocenters. The van der Waals surface area contributed by atoms with Crippen LogP contribution in [0.25, 0.3) is 22.1 Å². The number of nitrogens with one attached hydrogen (secondary N) is 1. The van der Waals surface area contributed by atoms with Gasteiger partial charge in [0.05, 0.1) is 6.54 Å². The first-order valence-electron chi connectivity index (χ1n) is 8.89.